The third kappa shape index (κ3) is 4.00. The highest BCUT2D eigenvalue weighted by molar-refractivity contribution is 7.79. The van der Waals surface area contributed by atoms with E-state index in [1.54, 1.807) is 0 Å². The number of hydrogen-bond acceptors (Lipinski definition) is 3. The van der Waals surface area contributed by atoms with Gasteiger partial charge in [0.15, 0.2) is 0 Å². The molecule has 0 saturated carbocycles. The van der Waals surface area contributed by atoms with E-state index < -0.39 is 11.8 Å². The molecule has 0 fully saturated rings. The molecule has 0 unspecified atom stereocenters. The van der Waals surface area contributed by atoms with Crippen LogP contribution in [0.2, 0.25) is 0 Å². The molecule has 18 heavy (non-hydrogen) atoms. The van der Waals surface area contributed by atoms with Gasteiger partial charge in [0.05, 0.1) is 6.54 Å². The molecule has 1 rings (SSSR count). The summed E-state index contributed by atoms with van der Waals surface area (Å²) in [6.07, 6.45) is 4.97. The molecule has 0 atom stereocenters. The number of carbonyl (C=O) groups is 2. The molecule has 0 aliphatic carbocycles. The highest BCUT2D eigenvalue weighted by Crippen LogP contribution is 2.05. The molecular formula is C13H12N2O2S. The summed E-state index contributed by atoms with van der Waals surface area (Å²) in [5.41, 5.74) is 1.70. The van der Waals surface area contributed by atoms with E-state index >= 15 is 0 Å². The first-order chi connectivity index (χ1) is 8.69. The Labute approximate surface area is 111 Å². The van der Waals surface area contributed by atoms with Crippen LogP contribution in [0.5, 0.6) is 0 Å². The summed E-state index contributed by atoms with van der Waals surface area (Å²) < 4.78 is 0. The molecule has 5 heteroatoms. The zero-order valence-corrected chi connectivity index (χ0v) is 10.4. The van der Waals surface area contributed by atoms with Gasteiger partial charge in [-0.2, -0.15) is 0 Å². The SMILES string of the molecule is C#CCNC(=O)C(=O)NCc1ccccc1C=S. The van der Waals surface area contributed by atoms with Crippen molar-refractivity contribution in [3.05, 3.63) is 35.4 Å². The van der Waals surface area contributed by atoms with Crippen molar-refractivity contribution in [1.82, 2.24) is 10.6 Å². The molecule has 0 aliphatic rings. The largest absolute Gasteiger partial charge is 0.344 e. The first kappa shape index (κ1) is 13.9. The highest BCUT2D eigenvalue weighted by Gasteiger charge is 2.12. The molecule has 0 saturated heterocycles. The van der Waals surface area contributed by atoms with E-state index in [4.69, 9.17) is 18.6 Å². The fraction of sp³-hybridized carbons (Fsp3) is 0.154. The fourth-order valence-electron chi connectivity index (χ4n) is 1.28. The van der Waals surface area contributed by atoms with E-state index in [-0.39, 0.29) is 13.1 Å². The third-order valence-electron chi connectivity index (χ3n) is 2.18. The minimum absolute atomic E-state index is 0.0305. The molecule has 1 aromatic rings. The number of terminal acetylenes is 1. The van der Waals surface area contributed by atoms with Gasteiger partial charge in [-0.3, -0.25) is 9.59 Å². The van der Waals surface area contributed by atoms with Crippen LogP contribution < -0.4 is 10.6 Å². The quantitative estimate of drug-likeness (QED) is 0.468. The number of rotatable bonds is 4. The maximum Gasteiger partial charge on any atom is 0.310 e. The van der Waals surface area contributed by atoms with Crippen LogP contribution in [-0.4, -0.2) is 23.7 Å². The summed E-state index contributed by atoms with van der Waals surface area (Å²) in [7, 11) is 0. The van der Waals surface area contributed by atoms with Crippen molar-refractivity contribution < 1.29 is 9.59 Å². The Morgan fingerprint density at radius 3 is 2.61 bits per heavy atom. The van der Waals surface area contributed by atoms with Gasteiger partial charge < -0.3 is 10.6 Å². The first-order valence-corrected chi connectivity index (χ1v) is 5.68. The third-order valence-corrected chi connectivity index (χ3v) is 2.43. The van der Waals surface area contributed by atoms with Crippen molar-refractivity contribution in [2.24, 2.45) is 0 Å². The first-order valence-electron chi connectivity index (χ1n) is 5.21. The van der Waals surface area contributed by atoms with Gasteiger partial charge >= 0.3 is 11.8 Å². The summed E-state index contributed by atoms with van der Waals surface area (Å²) in [5.74, 6) is 0.754. The van der Waals surface area contributed by atoms with E-state index in [2.05, 4.69) is 16.6 Å². The Hall–Kier alpha value is -2.19. The van der Waals surface area contributed by atoms with Crippen molar-refractivity contribution in [1.29, 1.82) is 0 Å². The fourth-order valence-corrected chi connectivity index (χ4v) is 1.51. The molecule has 0 radical (unpaired) electrons. The summed E-state index contributed by atoms with van der Waals surface area (Å²) in [4.78, 5) is 22.6. The smallest absolute Gasteiger partial charge is 0.310 e. The summed E-state index contributed by atoms with van der Waals surface area (Å²) in [6, 6.07) is 7.36. The lowest BCUT2D eigenvalue weighted by Crippen LogP contribution is -2.39. The highest BCUT2D eigenvalue weighted by atomic mass is 32.1. The lowest BCUT2D eigenvalue weighted by atomic mass is 10.1. The van der Waals surface area contributed by atoms with Crippen molar-refractivity contribution >= 4 is 29.4 Å². The lowest BCUT2D eigenvalue weighted by molar-refractivity contribution is -0.139. The monoisotopic (exact) mass is 260 g/mol. The maximum atomic E-state index is 11.4. The Balaban J connectivity index is 2.55. The van der Waals surface area contributed by atoms with Crippen LogP contribution in [0.25, 0.3) is 0 Å². The van der Waals surface area contributed by atoms with Crippen LogP contribution >= 0.6 is 12.2 Å². The molecule has 0 spiro atoms. The second-order valence-corrected chi connectivity index (χ2v) is 3.62. The number of thiocarbonyl (C=S) groups is 1. The van der Waals surface area contributed by atoms with Gasteiger partial charge in [-0.05, 0) is 11.1 Å². The predicted molar refractivity (Wildman–Crippen MR) is 72.9 cm³/mol. The number of nitrogens with one attached hydrogen (secondary N) is 2. The van der Waals surface area contributed by atoms with Crippen LogP contribution in [0.3, 0.4) is 0 Å². The minimum atomic E-state index is -0.743. The van der Waals surface area contributed by atoms with E-state index in [0.29, 0.717) is 0 Å². The molecule has 0 aliphatic heterocycles. The molecule has 4 nitrogen and oxygen atoms in total. The topological polar surface area (TPSA) is 58.2 Å². The molecule has 0 bridgehead atoms. The molecule has 92 valence electrons. The van der Waals surface area contributed by atoms with E-state index in [1.807, 2.05) is 24.3 Å². The van der Waals surface area contributed by atoms with Crippen molar-refractivity contribution in [2.75, 3.05) is 6.54 Å². The molecule has 2 N–H and O–H groups in total. The van der Waals surface area contributed by atoms with Gasteiger partial charge in [0.1, 0.15) is 0 Å². The zero-order valence-electron chi connectivity index (χ0n) is 9.60. The predicted octanol–water partition coefficient (Wildman–Crippen LogP) is 0.400. The van der Waals surface area contributed by atoms with Crippen LogP contribution in [0.15, 0.2) is 24.3 Å². The van der Waals surface area contributed by atoms with Gasteiger partial charge in [-0.25, -0.2) is 0 Å². The number of benzene rings is 1. The normalized spacial score (nSPS) is 9.06. The second kappa shape index (κ2) is 7.20. The molecule has 0 heterocycles. The van der Waals surface area contributed by atoms with Crippen molar-refractivity contribution in [3.63, 3.8) is 0 Å². The maximum absolute atomic E-state index is 11.4. The average Bonchev–Trinajstić information content (AvgIpc) is 2.42. The molecule has 1 aromatic carbocycles. The molecule has 0 aromatic heterocycles. The average molecular weight is 260 g/mol. The number of hydrogen-bond donors (Lipinski definition) is 2. The van der Waals surface area contributed by atoms with E-state index in [1.165, 1.54) is 5.37 Å². The minimum Gasteiger partial charge on any atom is -0.344 e. The van der Waals surface area contributed by atoms with Gasteiger partial charge in [-0.15, -0.1) is 6.42 Å². The molecular weight excluding hydrogens is 248 g/mol. The van der Waals surface area contributed by atoms with Crippen LogP contribution in [0, 0.1) is 12.3 Å². The van der Waals surface area contributed by atoms with E-state index in [9.17, 15) is 9.59 Å². The summed E-state index contributed by atoms with van der Waals surface area (Å²) in [6.45, 7) is 0.272. The Bertz CT molecular complexity index is 506. The summed E-state index contributed by atoms with van der Waals surface area (Å²) >= 11 is 4.86. The second-order valence-electron chi connectivity index (χ2n) is 3.39. The Morgan fingerprint density at radius 2 is 1.94 bits per heavy atom. The van der Waals surface area contributed by atoms with Gasteiger partial charge in [0, 0.05) is 11.9 Å². The van der Waals surface area contributed by atoms with Crippen LogP contribution in [-0.2, 0) is 16.1 Å². The van der Waals surface area contributed by atoms with Gasteiger partial charge in [-0.1, -0.05) is 42.4 Å². The Morgan fingerprint density at radius 1 is 1.28 bits per heavy atom. The Kier molecular flexibility index (Phi) is 5.55. The standard InChI is InChI=1S/C13H12N2O2S/c1-2-7-14-12(16)13(17)15-8-10-5-3-4-6-11(10)9-18/h1,3-6,9H,7-8H2,(H,14,16)(H,15,17). The van der Waals surface area contributed by atoms with Gasteiger partial charge in [0.2, 0.25) is 0 Å². The molecule has 2 amide bonds. The number of carbonyl (C=O) groups excluding carboxylic acids is 2. The van der Waals surface area contributed by atoms with Crippen LogP contribution in [0.1, 0.15) is 11.1 Å². The van der Waals surface area contributed by atoms with E-state index in [0.717, 1.165) is 11.1 Å². The zero-order chi connectivity index (χ0) is 13.4. The number of amides is 2. The van der Waals surface area contributed by atoms with Gasteiger partial charge in [0.25, 0.3) is 0 Å². The van der Waals surface area contributed by atoms with Crippen LogP contribution in [0.4, 0.5) is 0 Å². The van der Waals surface area contributed by atoms with Crippen molar-refractivity contribution in [2.45, 2.75) is 6.54 Å². The van der Waals surface area contributed by atoms with Crippen molar-refractivity contribution in [3.8, 4) is 12.3 Å². The lowest BCUT2D eigenvalue weighted by Gasteiger charge is -2.07. The summed E-state index contributed by atoms with van der Waals surface area (Å²) in [5, 5.41) is 6.31.